The lowest BCUT2D eigenvalue weighted by Gasteiger charge is -2.22. The summed E-state index contributed by atoms with van der Waals surface area (Å²) in [5.41, 5.74) is 2.67. The van der Waals surface area contributed by atoms with Crippen molar-refractivity contribution in [1.29, 1.82) is 0 Å². The van der Waals surface area contributed by atoms with Crippen molar-refractivity contribution < 1.29 is 4.79 Å². The number of carbonyl (C=O) groups is 1. The van der Waals surface area contributed by atoms with E-state index in [-0.39, 0.29) is 11.9 Å². The topological polar surface area (TPSA) is 86.5 Å². The minimum absolute atomic E-state index is 0.0692. The van der Waals surface area contributed by atoms with Gasteiger partial charge < -0.3 is 10.3 Å². The molecule has 3 rings (SSSR count). The highest BCUT2D eigenvalue weighted by atomic mass is 16.1. The normalized spacial score (nSPS) is 17.1. The fraction of sp³-hybridized carbons (Fsp3) is 0.588. The number of aryl methyl sites for hydroxylation is 1. The van der Waals surface area contributed by atoms with Gasteiger partial charge in [-0.15, -0.1) is 0 Å². The van der Waals surface area contributed by atoms with Crippen molar-refractivity contribution in [2.75, 3.05) is 0 Å². The van der Waals surface area contributed by atoms with Crippen LogP contribution < -0.4 is 5.32 Å². The van der Waals surface area contributed by atoms with Gasteiger partial charge in [0.1, 0.15) is 5.82 Å². The molecule has 6 nitrogen and oxygen atoms in total. The van der Waals surface area contributed by atoms with Crippen molar-refractivity contribution >= 4 is 5.91 Å². The zero-order valence-corrected chi connectivity index (χ0v) is 13.9. The molecule has 0 unspecified atom stereocenters. The summed E-state index contributed by atoms with van der Waals surface area (Å²) in [5, 5.41) is 10.3. The third-order valence-electron chi connectivity index (χ3n) is 4.69. The number of carbonyl (C=O) groups excluding carboxylic acids is 1. The zero-order valence-electron chi connectivity index (χ0n) is 13.9. The third-order valence-corrected chi connectivity index (χ3v) is 4.69. The van der Waals surface area contributed by atoms with E-state index in [1.165, 1.54) is 19.3 Å². The molecule has 1 aliphatic carbocycles. The molecule has 0 radical (unpaired) electrons. The number of imidazole rings is 1. The summed E-state index contributed by atoms with van der Waals surface area (Å²) in [4.78, 5) is 20.3. The average molecular weight is 315 g/mol. The maximum absolute atomic E-state index is 12.7. The van der Waals surface area contributed by atoms with Gasteiger partial charge in [0.15, 0.2) is 0 Å². The molecular formula is C17H25N5O. The van der Waals surface area contributed by atoms with Gasteiger partial charge in [-0.2, -0.15) is 5.10 Å². The van der Waals surface area contributed by atoms with E-state index in [2.05, 4.69) is 25.5 Å². The van der Waals surface area contributed by atoms with Crippen LogP contribution in [0.15, 0.2) is 12.4 Å². The molecule has 1 amide bonds. The van der Waals surface area contributed by atoms with Crippen molar-refractivity contribution in [3.05, 3.63) is 35.2 Å². The van der Waals surface area contributed by atoms with Gasteiger partial charge in [0.2, 0.25) is 0 Å². The van der Waals surface area contributed by atoms with Crippen LogP contribution in [0.25, 0.3) is 0 Å². The minimum Gasteiger partial charge on any atom is -0.344 e. The molecule has 2 aromatic heterocycles. The quantitative estimate of drug-likeness (QED) is 0.790. The summed E-state index contributed by atoms with van der Waals surface area (Å²) >= 11 is 0. The van der Waals surface area contributed by atoms with Crippen LogP contribution in [0.3, 0.4) is 0 Å². The van der Waals surface area contributed by atoms with E-state index in [0.717, 1.165) is 36.5 Å². The van der Waals surface area contributed by atoms with Gasteiger partial charge in [0, 0.05) is 17.8 Å². The predicted molar refractivity (Wildman–Crippen MR) is 88.2 cm³/mol. The SMILES string of the molecule is CC[C@H](NC(=O)c1cn[nH]c1C1CCCCC1)c1ncc(C)[nH]1. The van der Waals surface area contributed by atoms with E-state index in [1.54, 1.807) is 12.4 Å². The van der Waals surface area contributed by atoms with Crippen LogP contribution >= 0.6 is 0 Å². The standard InChI is InChI=1S/C17H25N5O/c1-3-14(16-18-9-11(2)20-16)21-17(23)13-10-19-22-15(13)12-7-5-4-6-8-12/h9-10,12,14H,3-8H2,1-2H3,(H,18,20)(H,19,22)(H,21,23)/t14-/m0/s1. The lowest BCUT2D eigenvalue weighted by molar-refractivity contribution is 0.0932. The van der Waals surface area contributed by atoms with Gasteiger partial charge in [0.25, 0.3) is 5.91 Å². The van der Waals surface area contributed by atoms with Crippen molar-refractivity contribution in [3.8, 4) is 0 Å². The second kappa shape index (κ2) is 6.98. The van der Waals surface area contributed by atoms with Crippen LogP contribution in [0.5, 0.6) is 0 Å². The smallest absolute Gasteiger partial charge is 0.255 e. The third kappa shape index (κ3) is 3.46. The highest BCUT2D eigenvalue weighted by Crippen LogP contribution is 2.33. The van der Waals surface area contributed by atoms with Crippen LogP contribution in [-0.2, 0) is 0 Å². The Morgan fingerprint density at radius 1 is 1.35 bits per heavy atom. The van der Waals surface area contributed by atoms with E-state index >= 15 is 0 Å². The molecule has 2 heterocycles. The summed E-state index contributed by atoms with van der Waals surface area (Å²) < 4.78 is 0. The van der Waals surface area contributed by atoms with E-state index in [9.17, 15) is 4.79 Å². The first kappa shape index (κ1) is 15.8. The number of nitrogens with one attached hydrogen (secondary N) is 3. The Balaban J connectivity index is 1.74. The number of hydrogen-bond donors (Lipinski definition) is 3. The number of aromatic nitrogens is 4. The first-order valence-electron chi connectivity index (χ1n) is 8.54. The lowest BCUT2D eigenvalue weighted by Crippen LogP contribution is -2.29. The Labute approximate surface area is 136 Å². The van der Waals surface area contributed by atoms with Gasteiger partial charge in [-0.25, -0.2) is 4.98 Å². The fourth-order valence-corrected chi connectivity index (χ4v) is 3.39. The minimum atomic E-state index is -0.106. The number of hydrogen-bond acceptors (Lipinski definition) is 3. The van der Waals surface area contributed by atoms with E-state index < -0.39 is 0 Å². The predicted octanol–water partition coefficient (Wildman–Crippen LogP) is 3.37. The van der Waals surface area contributed by atoms with Crippen LogP contribution in [-0.4, -0.2) is 26.1 Å². The van der Waals surface area contributed by atoms with Crippen LogP contribution in [0, 0.1) is 6.92 Å². The Bertz CT molecular complexity index is 653. The first-order chi connectivity index (χ1) is 11.2. The van der Waals surface area contributed by atoms with Gasteiger partial charge in [0.05, 0.1) is 23.5 Å². The van der Waals surface area contributed by atoms with Crippen LogP contribution in [0.1, 0.15) is 85.0 Å². The second-order valence-corrected chi connectivity index (χ2v) is 6.42. The first-order valence-corrected chi connectivity index (χ1v) is 8.54. The molecule has 23 heavy (non-hydrogen) atoms. The molecule has 1 saturated carbocycles. The Morgan fingerprint density at radius 3 is 2.78 bits per heavy atom. The Kier molecular flexibility index (Phi) is 4.79. The summed E-state index contributed by atoms with van der Waals surface area (Å²) in [5.74, 6) is 1.17. The maximum atomic E-state index is 12.7. The van der Waals surface area contributed by atoms with Gasteiger partial charge in [-0.1, -0.05) is 26.2 Å². The Hall–Kier alpha value is -2.11. The van der Waals surface area contributed by atoms with Crippen LogP contribution in [0.2, 0.25) is 0 Å². The fourth-order valence-electron chi connectivity index (χ4n) is 3.39. The molecule has 1 fully saturated rings. The number of H-pyrrole nitrogens is 2. The molecule has 0 aliphatic heterocycles. The molecular weight excluding hydrogens is 290 g/mol. The van der Waals surface area contributed by atoms with E-state index in [1.807, 2.05) is 13.8 Å². The second-order valence-electron chi connectivity index (χ2n) is 6.42. The van der Waals surface area contributed by atoms with Crippen molar-refractivity contribution in [2.45, 2.75) is 64.3 Å². The monoisotopic (exact) mass is 315 g/mol. The molecule has 1 atom stereocenters. The largest absolute Gasteiger partial charge is 0.344 e. The highest BCUT2D eigenvalue weighted by molar-refractivity contribution is 5.95. The molecule has 0 saturated heterocycles. The number of aromatic amines is 2. The summed E-state index contributed by atoms with van der Waals surface area (Å²) in [6, 6.07) is -0.106. The number of rotatable bonds is 5. The van der Waals surface area contributed by atoms with E-state index in [0.29, 0.717) is 11.5 Å². The molecule has 3 N–H and O–H groups in total. The average Bonchev–Trinajstić information content (AvgIpc) is 3.22. The molecule has 0 bridgehead atoms. The number of amides is 1. The summed E-state index contributed by atoms with van der Waals surface area (Å²) in [6.45, 7) is 4.00. The van der Waals surface area contributed by atoms with E-state index in [4.69, 9.17) is 0 Å². The van der Waals surface area contributed by atoms with Crippen molar-refractivity contribution in [1.82, 2.24) is 25.5 Å². The summed E-state index contributed by atoms with van der Waals surface area (Å²) in [7, 11) is 0. The van der Waals surface area contributed by atoms with Gasteiger partial charge >= 0.3 is 0 Å². The maximum Gasteiger partial charge on any atom is 0.255 e. The molecule has 0 aromatic carbocycles. The molecule has 1 aliphatic rings. The summed E-state index contributed by atoms with van der Waals surface area (Å²) in [6.07, 6.45) is 10.3. The van der Waals surface area contributed by atoms with Crippen molar-refractivity contribution in [2.24, 2.45) is 0 Å². The molecule has 124 valence electrons. The van der Waals surface area contributed by atoms with Gasteiger partial charge in [-0.05, 0) is 26.2 Å². The Morgan fingerprint density at radius 2 is 2.13 bits per heavy atom. The zero-order chi connectivity index (χ0) is 16.2. The lowest BCUT2D eigenvalue weighted by atomic mass is 9.85. The van der Waals surface area contributed by atoms with Crippen LogP contribution in [0.4, 0.5) is 0 Å². The molecule has 0 spiro atoms. The molecule has 6 heteroatoms. The highest BCUT2D eigenvalue weighted by Gasteiger charge is 2.25. The molecule has 2 aromatic rings. The number of nitrogens with zero attached hydrogens (tertiary/aromatic N) is 2. The van der Waals surface area contributed by atoms with Gasteiger partial charge in [-0.3, -0.25) is 9.89 Å². The van der Waals surface area contributed by atoms with Crippen molar-refractivity contribution in [3.63, 3.8) is 0 Å².